The Kier molecular flexibility index (Phi) is 3.19. The predicted octanol–water partition coefficient (Wildman–Crippen LogP) is 2.63. The number of rotatable bonds is 2. The van der Waals surface area contributed by atoms with E-state index in [4.69, 9.17) is 0 Å². The molecule has 1 aliphatic rings. The summed E-state index contributed by atoms with van der Waals surface area (Å²) in [6.45, 7) is 2.36. The van der Waals surface area contributed by atoms with Gasteiger partial charge in [0, 0.05) is 17.3 Å². The molecule has 1 aromatic heterocycles. The van der Waals surface area contributed by atoms with Gasteiger partial charge in [0.05, 0.1) is 5.69 Å². The van der Waals surface area contributed by atoms with Crippen LogP contribution in [0.4, 0.5) is 0 Å². The Balaban J connectivity index is 2.09. The number of nitrogens with one attached hydrogen (secondary N) is 1. The van der Waals surface area contributed by atoms with Crippen LogP contribution in [0, 0.1) is 5.92 Å². The van der Waals surface area contributed by atoms with Crippen LogP contribution in [0.5, 0.6) is 0 Å². The molecule has 0 saturated heterocycles. The quantitative estimate of drug-likeness (QED) is 0.811. The van der Waals surface area contributed by atoms with E-state index in [9.17, 15) is 0 Å². The van der Waals surface area contributed by atoms with Crippen LogP contribution >= 0.6 is 11.5 Å². The van der Waals surface area contributed by atoms with Crippen molar-refractivity contribution in [3.8, 4) is 0 Å². The number of hydrogen-bond acceptors (Lipinski definition) is 3. The van der Waals surface area contributed by atoms with E-state index in [0.29, 0.717) is 12.0 Å². The van der Waals surface area contributed by atoms with Gasteiger partial charge in [-0.1, -0.05) is 6.92 Å². The molecule has 1 fully saturated rings. The average Bonchev–Trinajstić information content (AvgIpc) is 2.71. The lowest BCUT2D eigenvalue weighted by molar-refractivity contribution is 0.274. The first-order chi connectivity index (χ1) is 6.81. The van der Waals surface area contributed by atoms with Crippen LogP contribution in [0.25, 0.3) is 0 Å². The highest BCUT2D eigenvalue weighted by Crippen LogP contribution is 2.36. The first kappa shape index (κ1) is 10.1. The topological polar surface area (TPSA) is 24.9 Å². The number of aromatic nitrogens is 1. The van der Waals surface area contributed by atoms with Crippen LogP contribution in [-0.4, -0.2) is 17.5 Å². The second-order valence-corrected chi connectivity index (χ2v) is 4.97. The van der Waals surface area contributed by atoms with Gasteiger partial charge in [-0.25, -0.2) is 0 Å². The maximum absolute atomic E-state index is 4.47. The van der Waals surface area contributed by atoms with Gasteiger partial charge in [0.25, 0.3) is 0 Å². The summed E-state index contributed by atoms with van der Waals surface area (Å²) in [5, 5.41) is 5.48. The van der Waals surface area contributed by atoms with Crippen molar-refractivity contribution in [3.05, 3.63) is 17.1 Å². The maximum atomic E-state index is 4.47. The number of hydrogen-bond donors (Lipinski definition) is 1. The van der Waals surface area contributed by atoms with Crippen LogP contribution in [0.1, 0.15) is 37.8 Å². The van der Waals surface area contributed by atoms with Gasteiger partial charge >= 0.3 is 0 Å². The van der Waals surface area contributed by atoms with E-state index in [1.54, 1.807) is 11.5 Å². The molecule has 0 bridgehead atoms. The van der Waals surface area contributed by atoms with Gasteiger partial charge in [-0.3, -0.25) is 0 Å². The molecule has 0 aromatic carbocycles. The van der Waals surface area contributed by atoms with E-state index in [0.717, 1.165) is 5.92 Å². The molecule has 3 atom stereocenters. The second-order valence-electron chi connectivity index (χ2n) is 4.31. The molecule has 3 heteroatoms. The first-order valence-corrected chi connectivity index (χ1v) is 6.22. The zero-order chi connectivity index (χ0) is 9.97. The number of nitrogens with zero attached hydrogens (tertiary/aromatic N) is 1. The van der Waals surface area contributed by atoms with E-state index < -0.39 is 0 Å². The van der Waals surface area contributed by atoms with Crippen molar-refractivity contribution in [2.45, 2.75) is 38.1 Å². The summed E-state index contributed by atoms with van der Waals surface area (Å²) in [6, 6.07) is 2.88. The summed E-state index contributed by atoms with van der Waals surface area (Å²) in [5.41, 5.74) is 1.31. The lowest BCUT2D eigenvalue weighted by Gasteiger charge is -2.33. The molecule has 14 heavy (non-hydrogen) atoms. The highest BCUT2D eigenvalue weighted by atomic mass is 32.1. The van der Waals surface area contributed by atoms with Crippen molar-refractivity contribution < 1.29 is 0 Å². The van der Waals surface area contributed by atoms with E-state index in [2.05, 4.69) is 35.1 Å². The lowest BCUT2D eigenvalue weighted by Crippen LogP contribution is -2.33. The summed E-state index contributed by atoms with van der Waals surface area (Å²) < 4.78 is 4.47. The van der Waals surface area contributed by atoms with Gasteiger partial charge in [-0.15, -0.1) is 0 Å². The van der Waals surface area contributed by atoms with Crippen LogP contribution in [0.3, 0.4) is 0 Å². The Labute approximate surface area is 89.9 Å². The fourth-order valence-corrected chi connectivity index (χ4v) is 2.99. The Hall–Kier alpha value is -0.410. The van der Waals surface area contributed by atoms with Gasteiger partial charge in [0.15, 0.2) is 0 Å². The highest BCUT2D eigenvalue weighted by molar-refractivity contribution is 7.03. The summed E-state index contributed by atoms with van der Waals surface area (Å²) >= 11 is 1.57. The molecular weight excluding hydrogens is 192 g/mol. The normalized spacial score (nSPS) is 33.1. The van der Waals surface area contributed by atoms with Crippen molar-refractivity contribution in [2.24, 2.45) is 5.92 Å². The van der Waals surface area contributed by atoms with E-state index in [1.807, 2.05) is 0 Å². The summed E-state index contributed by atoms with van der Waals surface area (Å²) in [6.07, 6.45) is 3.90. The van der Waals surface area contributed by atoms with Gasteiger partial charge < -0.3 is 5.32 Å². The molecule has 2 rings (SSSR count). The van der Waals surface area contributed by atoms with Gasteiger partial charge in [-0.2, -0.15) is 4.37 Å². The minimum Gasteiger partial charge on any atom is -0.317 e. The molecule has 1 aliphatic carbocycles. The molecule has 0 amide bonds. The standard InChI is InChI=1S/C11H18N2S/c1-8-3-4-9(12-2)7-10(8)11-5-6-14-13-11/h5-6,8-10,12H,3-4,7H2,1-2H3. The first-order valence-electron chi connectivity index (χ1n) is 5.38. The van der Waals surface area contributed by atoms with Crippen LogP contribution in [-0.2, 0) is 0 Å². The zero-order valence-corrected chi connectivity index (χ0v) is 9.68. The summed E-state index contributed by atoms with van der Waals surface area (Å²) in [4.78, 5) is 0. The third-order valence-electron chi connectivity index (χ3n) is 3.44. The predicted molar refractivity (Wildman–Crippen MR) is 60.7 cm³/mol. The van der Waals surface area contributed by atoms with Crippen molar-refractivity contribution in [1.82, 2.24) is 9.69 Å². The molecule has 1 aromatic rings. The third kappa shape index (κ3) is 1.98. The molecule has 78 valence electrons. The Bertz CT molecular complexity index is 271. The molecule has 0 spiro atoms. The van der Waals surface area contributed by atoms with Crippen molar-refractivity contribution >= 4 is 11.5 Å². The molecular formula is C11H18N2S. The fourth-order valence-electron chi connectivity index (χ4n) is 2.41. The minimum atomic E-state index is 0.674. The van der Waals surface area contributed by atoms with E-state index >= 15 is 0 Å². The van der Waals surface area contributed by atoms with Gasteiger partial charge in [0.2, 0.25) is 0 Å². The SMILES string of the molecule is CNC1CCC(C)C(c2ccsn2)C1. The smallest absolute Gasteiger partial charge is 0.0576 e. The monoisotopic (exact) mass is 210 g/mol. The van der Waals surface area contributed by atoms with Crippen LogP contribution in [0.15, 0.2) is 11.4 Å². The summed E-state index contributed by atoms with van der Waals surface area (Å²) in [5.74, 6) is 1.47. The van der Waals surface area contributed by atoms with Gasteiger partial charge in [-0.05, 0) is 49.8 Å². The van der Waals surface area contributed by atoms with Crippen molar-refractivity contribution in [2.75, 3.05) is 7.05 Å². The Morgan fingerprint density at radius 1 is 1.50 bits per heavy atom. The van der Waals surface area contributed by atoms with Crippen LogP contribution < -0.4 is 5.32 Å². The van der Waals surface area contributed by atoms with E-state index in [1.165, 1.54) is 25.0 Å². The molecule has 0 radical (unpaired) electrons. The highest BCUT2D eigenvalue weighted by Gasteiger charge is 2.29. The second kappa shape index (κ2) is 4.41. The van der Waals surface area contributed by atoms with Crippen molar-refractivity contribution in [1.29, 1.82) is 0 Å². The maximum Gasteiger partial charge on any atom is 0.0576 e. The molecule has 0 aliphatic heterocycles. The molecule has 1 heterocycles. The average molecular weight is 210 g/mol. The molecule has 1 N–H and O–H groups in total. The summed E-state index contributed by atoms with van der Waals surface area (Å²) in [7, 11) is 2.07. The largest absolute Gasteiger partial charge is 0.317 e. The molecule has 1 saturated carbocycles. The Morgan fingerprint density at radius 2 is 2.36 bits per heavy atom. The molecule has 3 unspecified atom stereocenters. The van der Waals surface area contributed by atoms with Gasteiger partial charge in [0.1, 0.15) is 0 Å². The third-order valence-corrected chi connectivity index (χ3v) is 4.02. The zero-order valence-electron chi connectivity index (χ0n) is 8.86. The van der Waals surface area contributed by atoms with Crippen molar-refractivity contribution in [3.63, 3.8) is 0 Å². The lowest BCUT2D eigenvalue weighted by atomic mass is 9.76. The van der Waals surface area contributed by atoms with Crippen LogP contribution in [0.2, 0.25) is 0 Å². The van der Waals surface area contributed by atoms with E-state index in [-0.39, 0.29) is 0 Å². The Morgan fingerprint density at radius 3 is 3.00 bits per heavy atom. The fraction of sp³-hybridized carbons (Fsp3) is 0.727. The minimum absolute atomic E-state index is 0.674. The molecule has 2 nitrogen and oxygen atoms in total.